The Balaban J connectivity index is 0.00000120. The fraction of sp³-hybridized carbons (Fsp3) is 0.0769. The number of hydrogen-bond donors (Lipinski definition) is 1. The van der Waals surface area contributed by atoms with Crippen molar-refractivity contribution in [3.63, 3.8) is 0 Å². The van der Waals surface area contributed by atoms with Gasteiger partial charge in [0.25, 0.3) is 0 Å². The first kappa shape index (κ1) is 12.7. The molecule has 0 aliphatic carbocycles. The molecule has 0 saturated heterocycles. The molecule has 0 aliphatic rings. The predicted octanol–water partition coefficient (Wildman–Crippen LogP) is 2.63. The van der Waals surface area contributed by atoms with Gasteiger partial charge in [-0.3, -0.25) is 0 Å². The number of H-pyrrole nitrogens is 1. The third-order valence-electron chi connectivity index (χ3n) is 2.56. The van der Waals surface area contributed by atoms with Crippen molar-refractivity contribution in [2.75, 3.05) is 7.11 Å². The summed E-state index contributed by atoms with van der Waals surface area (Å²) in [6.45, 7) is 0. The van der Waals surface area contributed by atoms with Gasteiger partial charge >= 0.3 is 0 Å². The zero-order valence-corrected chi connectivity index (χ0v) is 13.0. The number of fused-ring (bicyclic) bond motifs is 1. The summed E-state index contributed by atoms with van der Waals surface area (Å²) in [6, 6.07) is 13.5. The monoisotopic (exact) mass is 289 g/mol. The summed E-state index contributed by atoms with van der Waals surface area (Å²) in [5.74, 6) is 1.34. The zero-order valence-electron chi connectivity index (χ0n) is 10.1. The van der Waals surface area contributed by atoms with E-state index in [9.17, 15) is 0 Å². The summed E-state index contributed by atoms with van der Waals surface area (Å²) in [6.07, 6.45) is 0. The van der Waals surface area contributed by atoms with Gasteiger partial charge in [-0.15, -0.1) is 0 Å². The number of imidazole rings is 1. The first-order chi connectivity index (χ1) is 8.36. The van der Waals surface area contributed by atoms with Crippen molar-refractivity contribution < 1.29 is 24.2 Å². The van der Waals surface area contributed by atoms with Gasteiger partial charge in [-0.1, -0.05) is 18.2 Å². The van der Waals surface area contributed by atoms with Crippen LogP contribution in [0.15, 0.2) is 42.5 Å². The van der Waals surface area contributed by atoms with Crippen molar-refractivity contribution in [3.05, 3.63) is 42.5 Å². The van der Waals surface area contributed by atoms with E-state index < -0.39 is 0 Å². The second kappa shape index (κ2) is 5.27. The van der Waals surface area contributed by atoms with E-state index in [-0.39, 0.29) is 19.5 Å². The molecule has 0 unspecified atom stereocenters. The van der Waals surface area contributed by atoms with E-state index in [2.05, 4.69) is 15.0 Å². The number of ether oxygens (including phenoxy) is 1. The van der Waals surface area contributed by atoms with Crippen LogP contribution in [0, 0.1) is 0 Å². The number of para-hydroxylation sites is 2. The van der Waals surface area contributed by atoms with Crippen LogP contribution >= 0.6 is 0 Å². The maximum absolute atomic E-state index is 5.10. The van der Waals surface area contributed by atoms with E-state index in [4.69, 9.17) is 4.74 Å². The molecule has 3 aromatic rings. The van der Waals surface area contributed by atoms with Crippen LogP contribution in [0.3, 0.4) is 0 Å². The molecular weight excluding hydrogens is 280 g/mol. The summed E-state index contributed by atoms with van der Waals surface area (Å²) in [4.78, 5) is 12.1. The van der Waals surface area contributed by atoms with Gasteiger partial charge in [0.1, 0.15) is 5.69 Å². The van der Waals surface area contributed by atoms with Crippen LogP contribution in [0.4, 0.5) is 0 Å². The van der Waals surface area contributed by atoms with E-state index in [1.807, 2.05) is 42.5 Å². The number of methoxy groups -OCH3 is 1. The third kappa shape index (κ3) is 2.27. The molecule has 1 aromatic carbocycles. The van der Waals surface area contributed by atoms with Gasteiger partial charge in [-0.25, -0.2) is 9.97 Å². The largest absolute Gasteiger partial charge is 0.481 e. The number of hydrogen-bond acceptors (Lipinski definition) is 3. The molecule has 0 spiro atoms. The Bertz CT molecular complexity index is 633. The van der Waals surface area contributed by atoms with E-state index in [0.717, 1.165) is 22.6 Å². The van der Waals surface area contributed by atoms with Crippen LogP contribution in [-0.4, -0.2) is 22.1 Å². The Kier molecular flexibility index (Phi) is 3.73. The van der Waals surface area contributed by atoms with Gasteiger partial charge in [-0.2, -0.15) is 0 Å². The molecule has 86 valence electrons. The second-order valence-electron chi connectivity index (χ2n) is 3.67. The number of pyridine rings is 1. The SMILES string of the molecule is COc1cccc(-c2nc3ccccc3[nH]2)n1.[Zn]. The van der Waals surface area contributed by atoms with Crippen molar-refractivity contribution in [3.8, 4) is 17.4 Å². The van der Waals surface area contributed by atoms with Gasteiger partial charge < -0.3 is 9.72 Å². The average Bonchev–Trinajstić information content (AvgIpc) is 2.82. The Morgan fingerprint density at radius 3 is 2.61 bits per heavy atom. The molecule has 2 heterocycles. The molecule has 0 radical (unpaired) electrons. The standard InChI is InChI=1S/C13H11N3O.Zn/c1-17-12-8-4-7-11(14-12)13-15-9-5-2-3-6-10(9)16-13;/h2-8H,1H3,(H,15,16);. The molecule has 2 aromatic heterocycles. The van der Waals surface area contributed by atoms with Gasteiger partial charge in [0.05, 0.1) is 18.1 Å². The normalized spacial score (nSPS) is 10.1. The number of aromatic amines is 1. The van der Waals surface area contributed by atoms with Crippen LogP contribution in [0.2, 0.25) is 0 Å². The molecule has 0 bridgehead atoms. The Morgan fingerprint density at radius 1 is 1.00 bits per heavy atom. The van der Waals surface area contributed by atoms with Crippen molar-refractivity contribution in [2.24, 2.45) is 0 Å². The van der Waals surface area contributed by atoms with Crippen LogP contribution in [0.25, 0.3) is 22.6 Å². The molecule has 0 saturated carbocycles. The van der Waals surface area contributed by atoms with Crippen molar-refractivity contribution >= 4 is 11.0 Å². The molecule has 0 amide bonds. The van der Waals surface area contributed by atoms with E-state index in [0.29, 0.717) is 5.88 Å². The molecule has 4 nitrogen and oxygen atoms in total. The summed E-state index contributed by atoms with van der Waals surface area (Å²) >= 11 is 0. The molecule has 0 atom stereocenters. The van der Waals surface area contributed by atoms with E-state index in [1.54, 1.807) is 7.11 Å². The van der Waals surface area contributed by atoms with Crippen molar-refractivity contribution in [1.29, 1.82) is 0 Å². The predicted molar refractivity (Wildman–Crippen MR) is 65.9 cm³/mol. The van der Waals surface area contributed by atoms with Crippen molar-refractivity contribution in [1.82, 2.24) is 15.0 Å². The molecule has 3 rings (SSSR count). The molecule has 0 fully saturated rings. The molecular formula is C13H11N3OZn. The van der Waals surface area contributed by atoms with Crippen LogP contribution in [0.5, 0.6) is 5.88 Å². The maximum Gasteiger partial charge on any atom is 0.213 e. The van der Waals surface area contributed by atoms with Crippen LogP contribution in [-0.2, 0) is 19.5 Å². The van der Waals surface area contributed by atoms with Crippen LogP contribution < -0.4 is 4.74 Å². The maximum atomic E-state index is 5.10. The summed E-state index contributed by atoms with van der Waals surface area (Å²) in [5, 5.41) is 0. The average molecular weight is 291 g/mol. The molecule has 0 aliphatic heterocycles. The van der Waals surface area contributed by atoms with Crippen LogP contribution in [0.1, 0.15) is 0 Å². The number of nitrogens with one attached hydrogen (secondary N) is 1. The molecule has 5 heteroatoms. The van der Waals surface area contributed by atoms with E-state index >= 15 is 0 Å². The summed E-state index contributed by atoms with van der Waals surface area (Å²) in [7, 11) is 1.60. The van der Waals surface area contributed by atoms with E-state index in [1.165, 1.54) is 0 Å². The Morgan fingerprint density at radius 2 is 1.83 bits per heavy atom. The Labute approximate surface area is 117 Å². The number of benzene rings is 1. The molecule has 18 heavy (non-hydrogen) atoms. The fourth-order valence-corrected chi connectivity index (χ4v) is 1.73. The minimum atomic E-state index is 0. The van der Waals surface area contributed by atoms with Crippen molar-refractivity contribution in [2.45, 2.75) is 0 Å². The third-order valence-corrected chi connectivity index (χ3v) is 2.56. The second-order valence-corrected chi connectivity index (χ2v) is 3.67. The smallest absolute Gasteiger partial charge is 0.213 e. The first-order valence-corrected chi connectivity index (χ1v) is 5.33. The van der Waals surface area contributed by atoms with Gasteiger partial charge in [0, 0.05) is 25.5 Å². The minimum absolute atomic E-state index is 0. The molecule has 1 N–H and O–H groups in total. The number of nitrogens with zero attached hydrogens (tertiary/aromatic N) is 2. The quantitative estimate of drug-likeness (QED) is 0.738. The Hall–Kier alpha value is -1.74. The summed E-state index contributed by atoms with van der Waals surface area (Å²) < 4.78 is 5.10. The van der Waals surface area contributed by atoms with Gasteiger partial charge in [0.15, 0.2) is 5.82 Å². The van der Waals surface area contributed by atoms with Gasteiger partial charge in [0.2, 0.25) is 5.88 Å². The minimum Gasteiger partial charge on any atom is -0.481 e. The van der Waals surface area contributed by atoms with Gasteiger partial charge in [-0.05, 0) is 18.2 Å². The topological polar surface area (TPSA) is 50.8 Å². The number of rotatable bonds is 2. The fourth-order valence-electron chi connectivity index (χ4n) is 1.73. The summed E-state index contributed by atoms with van der Waals surface area (Å²) in [5.41, 5.74) is 2.72. The first-order valence-electron chi connectivity index (χ1n) is 5.33. The zero-order chi connectivity index (χ0) is 11.7. The number of aromatic nitrogens is 3.